The number of halogens is 1. The van der Waals surface area contributed by atoms with Crippen molar-refractivity contribution in [3.8, 4) is 0 Å². The predicted molar refractivity (Wildman–Crippen MR) is 61.8 cm³/mol. The second-order valence-electron chi connectivity index (χ2n) is 3.06. The van der Waals surface area contributed by atoms with Crippen LogP contribution in [-0.2, 0) is 0 Å². The van der Waals surface area contributed by atoms with Gasteiger partial charge < -0.3 is 0 Å². The van der Waals surface area contributed by atoms with E-state index in [0.29, 0.717) is 9.24 Å². The maximum atomic E-state index is 12.9. The van der Waals surface area contributed by atoms with Crippen LogP contribution in [0.2, 0.25) is 0 Å². The lowest BCUT2D eigenvalue weighted by atomic mass is 10.3. The van der Waals surface area contributed by atoms with E-state index < -0.39 is 10.7 Å². The lowest BCUT2D eigenvalue weighted by molar-refractivity contribution is -0.387. The van der Waals surface area contributed by atoms with Crippen molar-refractivity contribution >= 4 is 28.8 Å². The Kier molecular flexibility index (Phi) is 3.34. The Morgan fingerprint density at radius 3 is 2.82 bits per heavy atom. The van der Waals surface area contributed by atoms with E-state index in [1.54, 1.807) is 6.92 Å². The van der Waals surface area contributed by atoms with Gasteiger partial charge in [0.15, 0.2) is 4.34 Å². The molecule has 0 spiro atoms. The van der Waals surface area contributed by atoms with Gasteiger partial charge >= 0.3 is 0 Å². The van der Waals surface area contributed by atoms with Gasteiger partial charge in [-0.25, -0.2) is 4.39 Å². The molecule has 1 aromatic heterocycles. The Morgan fingerprint density at radius 1 is 1.47 bits per heavy atom. The highest BCUT2D eigenvalue weighted by Gasteiger charge is 2.17. The summed E-state index contributed by atoms with van der Waals surface area (Å²) in [6.07, 6.45) is 0. The largest absolute Gasteiger partial charge is 0.286 e. The third kappa shape index (κ3) is 2.77. The summed E-state index contributed by atoms with van der Waals surface area (Å²) in [5.74, 6) is -0.630. The van der Waals surface area contributed by atoms with Crippen LogP contribution in [0.4, 0.5) is 10.1 Å². The van der Waals surface area contributed by atoms with Crippen LogP contribution in [0.5, 0.6) is 0 Å². The number of benzene rings is 1. The zero-order valence-electron chi connectivity index (χ0n) is 8.58. The summed E-state index contributed by atoms with van der Waals surface area (Å²) < 4.78 is 13.5. The van der Waals surface area contributed by atoms with E-state index in [1.807, 2.05) is 0 Å². The van der Waals surface area contributed by atoms with Crippen LogP contribution < -0.4 is 0 Å². The smallest absolute Gasteiger partial charge is 0.258 e. The molecule has 0 N–H and O–H groups in total. The quantitative estimate of drug-likeness (QED) is 0.634. The highest BCUT2D eigenvalue weighted by Crippen LogP contribution is 2.36. The van der Waals surface area contributed by atoms with Crippen LogP contribution in [0.15, 0.2) is 27.4 Å². The van der Waals surface area contributed by atoms with Crippen LogP contribution >= 0.6 is 23.1 Å². The van der Waals surface area contributed by atoms with Crippen LogP contribution in [0, 0.1) is 22.9 Å². The minimum Gasteiger partial charge on any atom is -0.258 e. The lowest BCUT2D eigenvalue weighted by Crippen LogP contribution is -1.91. The fraction of sp³-hybridized carbons (Fsp3) is 0.111. The third-order valence-corrected chi connectivity index (χ3v) is 3.78. The van der Waals surface area contributed by atoms with Crippen molar-refractivity contribution in [2.45, 2.75) is 16.2 Å². The molecule has 0 atom stereocenters. The first-order valence-electron chi connectivity index (χ1n) is 4.48. The maximum absolute atomic E-state index is 12.9. The molecule has 1 aromatic carbocycles. The van der Waals surface area contributed by atoms with Gasteiger partial charge in [0.1, 0.15) is 10.8 Å². The van der Waals surface area contributed by atoms with Crippen LogP contribution in [-0.4, -0.2) is 15.1 Å². The van der Waals surface area contributed by atoms with Crippen molar-refractivity contribution in [1.82, 2.24) is 10.2 Å². The molecule has 0 fully saturated rings. The van der Waals surface area contributed by atoms with Gasteiger partial charge in [0.25, 0.3) is 5.69 Å². The van der Waals surface area contributed by atoms with E-state index in [0.717, 1.165) is 22.8 Å². The van der Waals surface area contributed by atoms with Crippen molar-refractivity contribution in [1.29, 1.82) is 0 Å². The minimum atomic E-state index is -0.630. The molecule has 0 saturated carbocycles. The molecule has 0 aliphatic heterocycles. The van der Waals surface area contributed by atoms with E-state index in [4.69, 9.17) is 0 Å². The van der Waals surface area contributed by atoms with E-state index in [-0.39, 0.29) is 5.69 Å². The fourth-order valence-corrected chi connectivity index (χ4v) is 2.99. The molecule has 5 nitrogen and oxygen atoms in total. The summed E-state index contributed by atoms with van der Waals surface area (Å²) >= 11 is 2.44. The van der Waals surface area contributed by atoms with E-state index in [2.05, 4.69) is 10.2 Å². The molecule has 0 radical (unpaired) electrons. The first-order valence-corrected chi connectivity index (χ1v) is 6.11. The first-order chi connectivity index (χ1) is 8.06. The average molecular weight is 271 g/mol. The fourth-order valence-electron chi connectivity index (χ4n) is 1.13. The summed E-state index contributed by atoms with van der Waals surface area (Å²) in [4.78, 5) is 10.5. The number of aromatic nitrogens is 2. The van der Waals surface area contributed by atoms with Gasteiger partial charge in [-0.05, 0) is 19.1 Å². The van der Waals surface area contributed by atoms with Crippen molar-refractivity contribution in [2.24, 2.45) is 0 Å². The van der Waals surface area contributed by atoms with Gasteiger partial charge in [-0.1, -0.05) is 23.1 Å². The lowest BCUT2D eigenvalue weighted by Gasteiger charge is -1.99. The average Bonchev–Trinajstić information content (AvgIpc) is 2.66. The Hall–Kier alpha value is -1.54. The van der Waals surface area contributed by atoms with E-state index in [1.165, 1.54) is 23.5 Å². The second kappa shape index (κ2) is 4.76. The summed E-state index contributed by atoms with van der Waals surface area (Å²) in [6.45, 7) is 1.79. The van der Waals surface area contributed by atoms with Gasteiger partial charge in [-0.3, -0.25) is 10.1 Å². The monoisotopic (exact) mass is 271 g/mol. The summed E-state index contributed by atoms with van der Waals surface area (Å²) in [6, 6.07) is 3.45. The van der Waals surface area contributed by atoms with Crippen molar-refractivity contribution < 1.29 is 9.31 Å². The first kappa shape index (κ1) is 11.9. The van der Waals surface area contributed by atoms with Gasteiger partial charge in [-0.15, -0.1) is 10.2 Å². The number of hydrogen-bond acceptors (Lipinski definition) is 6. The van der Waals surface area contributed by atoms with Gasteiger partial charge in [0.05, 0.1) is 15.9 Å². The molecule has 0 saturated heterocycles. The SMILES string of the molecule is Cc1nnc(Sc2ccc(F)cc2[N+](=O)[O-])s1. The highest BCUT2D eigenvalue weighted by molar-refractivity contribution is 8.01. The van der Waals surface area contributed by atoms with Crippen LogP contribution in [0.25, 0.3) is 0 Å². The standard InChI is InChI=1S/C9H6FN3O2S2/c1-5-11-12-9(16-5)17-8-3-2-6(10)4-7(8)13(14)15/h2-4H,1H3. The molecule has 1 heterocycles. The number of hydrogen-bond donors (Lipinski definition) is 0. The van der Waals surface area contributed by atoms with Gasteiger partial charge in [0, 0.05) is 0 Å². The topological polar surface area (TPSA) is 68.9 Å². The molecule has 0 amide bonds. The molecular weight excluding hydrogens is 265 g/mol. The van der Waals surface area contributed by atoms with Gasteiger partial charge in [-0.2, -0.15) is 0 Å². The Bertz CT molecular complexity index is 573. The molecule has 0 bridgehead atoms. The second-order valence-corrected chi connectivity index (χ2v) is 5.53. The zero-order chi connectivity index (χ0) is 12.4. The zero-order valence-corrected chi connectivity index (χ0v) is 10.2. The molecule has 0 aliphatic rings. The van der Waals surface area contributed by atoms with E-state index >= 15 is 0 Å². The Balaban J connectivity index is 2.35. The summed E-state index contributed by atoms with van der Waals surface area (Å²) in [5.41, 5.74) is -0.261. The molecule has 8 heteroatoms. The Labute approximate surface area is 104 Å². The van der Waals surface area contributed by atoms with Crippen molar-refractivity contribution in [2.75, 3.05) is 0 Å². The number of nitrogens with zero attached hydrogens (tertiary/aromatic N) is 3. The minimum absolute atomic E-state index is 0.261. The number of aryl methyl sites for hydroxylation is 1. The van der Waals surface area contributed by atoms with Crippen LogP contribution in [0.3, 0.4) is 0 Å². The Morgan fingerprint density at radius 2 is 2.24 bits per heavy atom. The molecule has 2 rings (SSSR count). The number of nitro groups is 1. The van der Waals surface area contributed by atoms with E-state index in [9.17, 15) is 14.5 Å². The number of nitro benzene ring substituents is 1. The van der Waals surface area contributed by atoms with Gasteiger partial charge in [0.2, 0.25) is 0 Å². The van der Waals surface area contributed by atoms with Crippen molar-refractivity contribution in [3.05, 3.63) is 39.1 Å². The number of rotatable bonds is 3. The molecule has 0 aliphatic carbocycles. The molecule has 88 valence electrons. The molecule has 0 unspecified atom stereocenters. The summed E-state index contributed by atoms with van der Waals surface area (Å²) in [5, 5.41) is 19.2. The molecule has 17 heavy (non-hydrogen) atoms. The third-order valence-electron chi connectivity index (χ3n) is 1.82. The highest BCUT2D eigenvalue weighted by atomic mass is 32.2. The maximum Gasteiger partial charge on any atom is 0.286 e. The predicted octanol–water partition coefficient (Wildman–Crippen LogP) is 3.05. The molecule has 2 aromatic rings. The van der Waals surface area contributed by atoms with Crippen LogP contribution in [0.1, 0.15) is 5.01 Å². The van der Waals surface area contributed by atoms with Crippen molar-refractivity contribution in [3.63, 3.8) is 0 Å². The summed E-state index contributed by atoms with van der Waals surface area (Å²) in [7, 11) is 0. The normalized spacial score (nSPS) is 10.5. The molecular formula is C9H6FN3O2S2.